The zero-order valence-corrected chi connectivity index (χ0v) is 12.0. The number of hydrogen-bond donors (Lipinski definition) is 1. The third kappa shape index (κ3) is 4.01. The maximum absolute atomic E-state index is 4.53. The molecule has 0 aliphatic carbocycles. The molecule has 0 amide bonds. The summed E-state index contributed by atoms with van der Waals surface area (Å²) >= 11 is 1.52. The fraction of sp³-hybridized carbons (Fsp3) is 0.357. The van der Waals surface area contributed by atoms with E-state index in [4.69, 9.17) is 0 Å². The molecule has 1 atom stereocenters. The van der Waals surface area contributed by atoms with Crippen molar-refractivity contribution in [3.8, 4) is 0 Å². The fourth-order valence-corrected chi connectivity index (χ4v) is 2.49. The molecule has 0 aromatic carbocycles. The highest BCUT2D eigenvalue weighted by Crippen LogP contribution is 2.24. The summed E-state index contributed by atoms with van der Waals surface area (Å²) in [6.45, 7) is 5.23. The molecule has 0 aliphatic heterocycles. The molecule has 19 heavy (non-hydrogen) atoms. The first kappa shape index (κ1) is 14.0. The minimum Gasteiger partial charge on any atom is -0.309 e. The van der Waals surface area contributed by atoms with Crippen LogP contribution in [0.2, 0.25) is 0 Å². The quantitative estimate of drug-likeness (QED) is 0.820. The second kappa shape index (κ2) is 7.21. The molecule has 0 aliphatic rings. The average molecular weight is 274 g/mol. The second-order valence-corrected chi connectivity index (χ2v) is 5.11. The number of nitrogens with one attached hydrogen (secondary N) is 1. The van der Waals surface area contributed by atoms with Crippen molar-refractivity contribution in [1.82, 2.24) is 20.3 Å². The van der Waals surface area contributed by atoms with E-state index in [0.717, 1.165) is 28.7 Å². The molecular weight excluding hydrogens is 256 g/mol. The maximum atomic E-state index is 4.53. The molecule has 0 saturated heterocycles. The van der Waals surface area contributed by atoms with Gasteiger partial charge in [0.1, 0.15) is 0 Å². The van der Waals surface area contributed by atoms with Crippen LogP contribution in [0.1, 0.15) is 32.0 Å². The van der Waals surface area contributed by atoms with E-state index in [0.29, 0.717) is 6.04 Å². The Bertz CT molecular complexity index is 487. The first-order valence-corrected chi connectivity index (χ1v) is 7.29. The van der Waals surface area contributed by atoms with Gasteiger partial charge < -0.3 is 5.32 Å². The Morgan fingerprint density at radius 2 is 1.95 bits per heavy atom. The topological polar surface area (TPSA) is 50.7 Å². The molecule has 2 aromatic rings. The monoisotopic (exact) mass is 274 g/mol. The second-order valence-electron chi connectivity index (χ2n) is 4.07. The molecule has 1 unspecified atom stereocenters. The van der Waals surface area contributed by atoms with Crippen LogP contribution in [0.3, 0.4) is 0 Å². The Labute approximate surface area is 118 Å². The van der Waals surface area contributed by atoms with E-state index < -0.39 is 0 Å². The summed E-state index contributed by atoms with van der Waals surface area (Å²) in [4.78, 5) is 14.0. The molecule has 4 nitrogen and oxygen atoms in total. The van der Waals surface area contributed by atoms with Gasteiger partial charge in [0.25, 0.3) is 0 Å². The van der Waals surface area contributed by atoms with Gasteiger partial charge in [0.15, 0.2) is 5.16 Å². The number of aromatic nitrogens is 3. The van der Waals surface area contributed by atoms with Crippen molar-refractivity contribution < 1.29 is 0 Å². The van der Waals surface area contributed by atoms with E-state index in [-0.39, 0.29) is 0 Å². The Morgan fingerprint density at radius 1 is 1.16 bits per heavy atom. The molecule has 2 aromatic heterocycles. The standard InChI is InChI=1S/C14H18N4S/c1-3-12(15-4-2)13-7-6-11(10-18-13)19-14-16-8-5-9-17-14/h5-10,12,15H,3-4H2,1-2H3. The van der Waals surface area contributed by atoms with Crippen LogP contribution in [-0.2, 0) is 0 Å². The Hall–Kier alpha value is -1.46. The third-order valence-corrected chi connectivity index (χ3v) is 3.60. The lowest BCUT2D eigenvalue weighted by Gasteiger charge is -2.15. The molecule has 0 radical (unpaired) electrons. The van der Waals surface area contributed by atoms with Crippen LogP contribution in [0.25, 0.3) is 0 Å². The van der Waals surface area contributed by atoms with Gasteiger partial charge in [-0.15, -0.1) is 0 Å². The SMILES string of the molecule is CCNC(CC)c1ccc(Sc2ncccn2)cn1. The van der Waals surface area contributed by atoms with Gasteiger partial charge in [-0.2, -0.15) is 0 Å². The molecule has 1 N–H and O–H groups in total. The predicted molar refractivity (Wildman–Crippen MR) is 77.1 cm³/mol. The minimum atomic E-state index is 0.331. The Morgan fingerprint density at radius 3 is 2.53 bits per heavy atom. The summed E-state index contributed by atoms with van der Waals surface area (Å²) in [7, 11) is 0. The van der Waals surface area contributed by atoms with E-state index >= 15 is 0 Å². The van der Waals surface area contributed by atoms with Gasteiger partial charge in [-0.25, -0.2) is 9.97 Å². The zero-order chi connectivity index (χ0) is 13.5. The van der Waals surface area contributed by atoms with Crippen molar-refractivity contribution in [1.29, 1.82) is 0 Å². The van der Waals surface area contributed by atoms with Crippen molar-refractivity contribution in [3.63, 3.8) is 0 Å². The lowest BCUT2D eigenvalue weighted by atomic mass is 10.1. The summed E-state index contributed by atoms with van der Waals surface area (Å²) < 4.78 is 0. The van der Waals surface area contributed by atoms with Crippen molar-refractivity contribution in [2.24, 2.45) is 0 Å². The van der Waals surface area contributed by atoms with E-state index in [1.807, 2.05) is 12.3 Å². The van der Waals surface area contributed by atoms with Crippen LogP contribution in [0.4, 0.5) is 0 Å². The molecule has 5 heteroatoms. The highest BCUT2D eigenvalue weighted by atomic mass is 32.2. The van der Waals surface area contributed by atoms with Gasteiger partial charge in [-0.1, -0.05) is 13.8 Å². The summed E-state index contributed by atoms with van der Waals surface area (Å²) in [5.41, 5.74) is 1.09. The average Bonchev–Trinajstić information content (AvgIpc) is 2.47. The molecule has 0 fully saturated rings. The summed E-state index contributed by atoms with van der Waals surface area (Å²) in [5.74, 6) is 0. The van der Waals surface area contributed by atoms with E-state index in [2.05, 4.69) is 46.2 Å². The molecule has 0 spiro atoms. The van der Waals surface area contributed by atoms with Crippen LogP contribution < -0.4 is 5.32 Å². The van der Waals surface area contributed by atoms with Gasteiger partial charge in [0, 0.05) is 29.5 Å². The van der Waals surface area contributed by atoms with Crippen LogP contribution in [0, 0.1) is 0 Å². The smallest absolute Gasteiger partial charge is 0.192 e. The fourth-order valence-electron chi connectivity index (χ4n) is 1.81. The van der Waals surface area contributed by atoms with Crippen LogP contribution in [0.15, 0.2) is 46.8 Å². The number of pyridine rings is 1. The lowest BCUT2D eigenvalue weighted by molar-refractivity contribution is 0.524. The van der Waals surface area contributed by atoms with Gasteiger partial charge in [-0.05, 0) is 42.9 Å². The number of rotatable bonds is 6. The molecule has 0 bridgehead atoms. The molecule has 2 rings (SSSR count). The normalized spacial score (nSPS) is 12.3. The number of hydrogen-bond acceptors (Lipinski definition) is 5. The van der Waals surface area contributed by atoms with Gasteiger partial charge in [0.2, 0.25) is 0 Å². The Balaban J connectivity index is 2.06. The Kier molecular flexibility index (Phi) is 5.30. The van der Waals surface area contributed by atoms with Gasteiger partial charge >= 0.3 is 0 Å². The first-order chi connectivity index (χ1) is 9.33. The molecule has 100 valence electrons. The maximum Gasteiger partial charge on any atom is 0.192 e. The molecular formula is C14H18N4S. The minimum absolute atomic E-state index is 0.331. The number of nitrogens with zero attached hydrogens (tertiary/aromatic N) is 3. The van der Waals surface area contributed by atoms with Crippen molar-refractivity contribution in [2.45, 2.75) is 36.4 Å². The molecule has 2 heterocycles. The van der Waals surface area contributed by atoms with Crippen LogP contribution in [0.5, 0.6) is 0 Å². The largest absolute Gasteiger partial charge is 0.309 e. The highest BCUT2D eigenvalue weighted by molar-refractivity contribution is 7.99. The predicted octanol–water partition coefficient (Wildman–Crippen LogP) is 3.08. The van der Waals surface area contributed by atoms with Crippen molar-refractivity contribution in [2.75, 3.05) is 6.54 Å². The summed E-state index contributed by atoms with van der Waals surface area (Å²) in [6.07, 6.45) is 6.41. The first-order valence-electron chi connectivity index (χ1n) is 6.47. The van der Waals surface area contributed by atoms with Crippen molar-refractivity contribution in [3.05, 3.63) is 42.5 Å². The highest BCUT2D eigenvalue weighted by Gasteiger charge is 2.09. The van der Waals surface area contributed by atoms with Crippen LogP contribution >= 0.6 is 11.8 Å². The van der Waals surface area contributed by atoms with Crippen LogP contribution in [-0.4, -0.2) is 21.5 Å². The zero-order valence-electron chi connectivity index (χ0n) is 11.2. The van der Waals surface area contributed by atoms with Gasteiger partial charge in [0.05, 0.1) is 5.69 Å². The lowest BCUT2D eigenvalue weighted by Crippen LogP contribution is -2.20. The van der Waals surface area contributed by atoms with E-state index in [1.165, 1.54) is 11.8 Å². The summed E-state index contributed by atoms with van der Waals surface area (Å²) in [6, 6.07) is 6.29. The molecule has 0 saturated carbocycles. The van der Waals surface area contributed by atoms with Crippen molar-refractivity contribution >= 4 is 11.8 Å². The van der Waals surface area contributed by atoms with E-state index in [9.17, 15) is 0 Å². The van der Waals surface area contributed by atoms with E-state index in [1.54, 1.807) is 12.4 Å². The van der Waals surface area contributed by atoms with Gasteiger partial charge in [-0.3, -0.25) is 4.98 Å². The summed E-state index contributed by atoms with van der Waals surface area (Å²) in [5, 5.41) is 4.17. The third-order valence-electron chi connectivity index (χ3n) is 2.73.